The van der Waals surface area contributed by atoms with Crippen LogP contribution in [0.15, 0.2) is 48.5 Å². The first kappa shape index (κ1) is 21.4. The van der Waals surface area contributed by atoms with Crippen molar-refractivity contribution in [1.82, 2.24) is 9.80 Å². The summed E-state index contributed by atoms with van der Waals surface area (Å²) < 4.78 is 0. The largest absolute Gasteiger partial charge is 0.322 e. The fourth-order valence-corrected chi connectivity index (χ4v) is 4.23. The van der Waals surface area contributed by atoms with Gasteiger partial charge in [-0.05, 0) is 68.5 Å². The van der Waals surface area contributed by atoms with Crippen molar-refractivity contribution in [2.75, 3.05) is 25.0 Å². The van der Waals surface area contributed by atoms with Gasteiger partial charge >= 0.3 is 6.03 Å². The van der Waals surface area contributed by atoms with Crippen LogP contribution in [0.4, 0.5) is 10.5 Å². The number of unbranched alkanes of at least 4 members (excludes halogenated alkanes) is 1. The summed E-state index contributed by atoms with van der Waals surface area (Å²) in [6.07, 6.45) is 4.57. The number of rotatable bonds is 7. The number of benzene rings is 2. The molecule has 0 unspecified atom stereocenters. The maximum atomic E-state index is 13.3. The smallest absolute Gasteiger partial charge is 0.317 e. The third-order valence-electron chi connectivity index (χ3n) is 5.76. The van der Waals surface area contributed by atoms with E-state index >= 15 is 0 Å². The number of nitrogens with zero attached hydrogens (tertiary/aromatic N) is 2. The lowest BCUT2D eigenvalue weighted by molar-refractivity contribution is 0.122. The standard InChI is InChI=1S/C25H35N3O/c1-4-5-13-27-14-11-24(12-15-27)28(19-22-9-7-6-8-10-22)25(29)26-23-17-20(2)16-21(3)18-23/h6-10,16-18,24H,4-5,11-15,19H2,1-3H3,(H,26,29). The minimum atomic E-state index is 0.00543. The summed E-state index contributed by atoms with van der Waals surface area (Å²) in [4.78, 5) is 17.9. The Morgan fingerprint density at radius 1 is 1.07 bits per heavy atom. The Hall–Kier alpha value is -2.33. The van der Waals surface area contributed by atoms with Crippen molar-refractivity contribution in [3.63, 3.8) is 0 Å². The highest BCUT2D eigenvalue weighted by Crippen LogP contribution is 2.22. The van der Waals surface area contributed by atoms with Gasteiger partial charge in [-0.2, -0.15) is 0 Å². The summed E-state index contributed by atoms with van der Waals surface area (Å²) >= 11 is 0. The van der Waals surface area contributed by atoms with E-state index in [4.69, 9.17) is 0 Å². The van der Waals surface area contributed by atoms with Crippen LogP contribution in [0.3, 0.4) is 0 Å². The second-order valence-corrected chi connectivity index (χ2v) is 8.35. The molecule has 0 aliphatic carbocycles. The first-order chi connectivity index (χ1) is 14.0. The fourth-order valence-electron chi connectivity index (χ4n) is 4.23. The van der Waals surface area contributed by atoms with Gasteiger partial charge in [0.2, 0.25) is 0 Å². The zero-order chi connectivity index (χ0) is 20.6. The highest BCUT2D eigenvalue weighted by atomic mass is 16.2. The molecular weight excluding hydrogens is 358 g/mol. The molecule has 0 bridgehead atoms. The quantitative estimate of drug-likeness (QED) is 0.664. The molecule has 1 saturated heterocycles. The van der Waals surface area contributed by atoms with Gasteiger partial charge in [-0.15, -0.1) is 0 Å². The van der Waals surface area contributed by atoms with E-state index in [0.717, 1.165) is 31.6 Å². The SMILES string of the molecule is CCCCN1CCC(N(Cc2ccccc2)C(=O)Nc2cc(C)cc(C)c2)CC1. The topological polar surface area (TPSA) is 35.6 Å². The molecule has 4 heteroatoms. The maximum Gasteiger partial charge on any atom is 0.322 e. The number of urea groups is 1. The van der Waals surface area contributed by atoms with Gasteiger partial charge in [-0.1, -0.05) is 49.7 Å². The first-order valence-corrected chi connectivity index (χ1v) is 11.0. The van der Waals surface area contributed by atoms with Crippen LogP contribution in [0.1, 0.15) is 49.3 Å². The van der Waals surface area contributed by atoms with Crippen molar-refractivity contribution in [2.24, 2.45) is 0 Å². The lowest BCUT2D eigenvalue weighted by Gasteiger charge is -2.38. The van der Waals surface area contributed by atoms with Crippen molar-refractivity contribution >= 4 is 11.7 Å². The number of hydrogen-bond acceptors (Lipinski definition) is 2. The zero-order valence-electron chi connectivity index (χ0n) is 18.2. The number of likely N-dealkylation sites (tertiary alicyclic amines) is 1. The van der Waals surface area contributed by atoms with E-state index in [2.05, 4.69) is 49.2 Å². The number of hydrogen-bond donors (Lipinski definition) is 1. The van der Waals surface area contributed by atoms with E-state index in [1.165, 1.54) is 36.1 Å². The molecule has 2 aromatic carbocycles. The predicted molar refractivity (Wildman–Crippen MR) is 121 cm³/mol. The van der Waals surface area contributed by atoms with E-state index in [1.54, 1.807) is 0 Å². The summed E-state index contributed by atoms with van der Waals surface area (Å²) in [5, 5.41) is 3.16. The Morgan fingerprint density at radius 3 is 2.34 bits per heavy atom. The lowest BCUT2D eigenvalue weighted by atomic mass is 10.0. The van der Waals surface area contributed by atoms with Crippen LogP contribution in [0, 0.1) is 13.8 Å². The second kappa shape index (κ2) is 10.4. The van der Waals surface area contributed by atoms with Crippen LogP contribution in [-0.4, -0.2) is 41.5 Å². The van der Waals surface area contributed by atoms with E-state index in [0.29, 0.717) is 6.54 Å². The van der Waals surface area contributed by atoms with Crippen LogP contribution < -0.4 is 5.32 Å². The molecule has 0 aromatic heterocycles. The molecule has 0 spiro atoms. The Bertz CT molecular complexity index is 762. The van der Waals surface area contributed by atoms with Crippen molar-refractivity contribution in [2.45, 2.75) is 59.0 Å². The van der Waals surface area contributed by atoms with Gasteiger partial charge in [-0.25, -0.2) is 4.79 Å². The molecule has 156 valence electrons. The van der Waals surface area contributed by atoms with E-state index in [-0.39, 0.29) is 12.1 Å². The zero-order valence-corrected chi connectivity index (χ0v) is 18.2. The highest BCUT2D eigenvalue weighted by Gasteiger charge is 2.28. The van der Waals surface area contributed by atoms with E-state index in [9.17, 15) is 4.79 Å². The average molecular weight is 394 g/mol. The van der Waals surface area contributed by atoms with Gasteiger partial charge < -0.3 is 15.1 Å². The normalized spacial score (nSPS) is 15.3. The van der Waals surface area contributed by atoms with Gasteiger partial charge in [0.1, 0.15) is 0 Å². The van der Waals surface area contributed by atoms with Crippen LogP contribution >= 0.6 is 0 Å². The molecule has 4 nitrogen and oxygen atoms in total. The van der Waals surface area contributed by atoms with E-state index in [1.807, 2.05) is 35.2 Å². The van der Waals surface area contributed by atoms with E-state index < -0.39 is 0 Å². The highest BCUT2D eigenvalue weighted by molar-refractivity contribution is 5.89. The average Bonchev–Trinajstić information content (AvgIpc) is 2.71. The summed E-state index contributed by atoms with van der Waals surface area (Å²) in [5.74, 6) is 0. The van der Waals surface area contributed by atoms with Crippen molar-refractivity contribution < 1.29 is 4.79 Å². The molecule has 0 atom stereocenters. The molecule has 29 heavy (non-hydrogen) atoms. The number of carbonyl (C=O) groups excluding carboxylic acids is 1. The van der Waals surface area contributed by atoms with Crippen molar-refractivity contribution in [1.29, 1.82) is 0 Å². The number of piperidine rings is 1. The summed E-state index contributed by atoms with van der Waals surface area (Å²) in [7, 11) is 0. The molecule has 1 aliphatic heterocycles. The van der Waals surface area contributed by atoms with Crippen LogP contribution in [0.25, 0.3) is 0 Å². The maximum absolute atomic E-state index is 13.3. The van der Waals surface area contributed by atoms with Crippen molar-refractivity contribution in [3.8, 4) is 0 Å². The molecule has 3 rings (SSSR count). The molecule has 0 radical (unpaired) electrons. The third kappa shape index (κ3) is 6.33. The molecule has 1 heterocycles. The number of anilines is 1. The molecule has 1 aliphatic rings. The summed E-state index contributed by atoms with van der Waals surface area (Å²) in [5.41, 5.74) is 4.39. The lowest BCUT2D eigenvalue weighted by Crippen LogP contribution is -2.48. The van der Waals surface area contributed by atoms with Crippen molar-refractivity contribution in [3.05, 3.63) is 65.2 Å². The second-order valence-electron chi connectivity index (χ2n) is 8.35. The molecular formula is C25H35N3O. The molecule has 1 N–H and O–H groups in total. The predicted octanol–water partition coefficient (Wildman–Crippen LogP) is 5.60. The molecule has 0 saturated carbocycles. The molecule has 1 fully saturated rings. The summed E-state index contributed by atoms with van der Waals surface area (Å²) in [6.45, 7) is 10.4. The number of carbonyl (C=O) groups is 1. The number of amides is 2. The van der Waals surface area contributed by atoms with Gasteiger partial charge in [-0.3, -0.25) is 0 Å². The number of nitrogens with one attached hydrogen (secondary N) is 1. The minimum absolute atomic E-state index is 0.00543. The first-order valence-electron chi connectivity index (χ1n) is 11.0. The van der Waals surface area contributed by atoms with Crippen LogP contribution in [0.2, 0.25) is 0 Å². The fraction of sp³-hybridized carbons (Fsp3) is 0.480. The molecule has 2 amide bonds. The minimum Gasteiger partial charge on any atom is -0.317 e. The van der Waals surface area contributed by atoms with Gasteiger partial charge in [0, 0.05) is 31.4 Å². The molecule has 2 aromatic rings. The Kier molecular flexibility index (Phi) is 7.70. The Labute approximate surface area is 175 Å². The van der Waals surface area contributed by atoms with Gasteiger partial charge in [0.05, 0.1) is 0 Å². The Balaban J connectivity index is 1.71. The summed E-state index contributed by atoms with van der Waals surface area (Å²) in [6, 6.07) is 16.8. The monoisotopic (exact) mass is 393 g/mol. The van der Waals surface area contributed by atoms with Gasteiger partial charge in [0.15, 0.2) is 0 Å². The van der Waals surface area contributed by atoms with Crippen LogP contribution in [-0.2, 0) is 6.54 Å². The van der Waals surface area contributed by atoms with Crippen LogP contribution in [0.5, 0.6) is 0 Å². The van der Waals surface area contributed by atoms with Gasteiger partial charge in [0.25, 0.3) is 0 Å². The number of aryl methyl sites for hydroxylation is 2. The third-order valence-corrected chi connectivity index (χ3v) is 5.76. The Morgan fingerprint density at radius 2 is 1.72 bits per heavy atom.